The summed E-state index contributed by atoms with van der Waals surface area (Å²) < 4.78 is 18.6. The highest BCUT2D eigenvalue weighted by molar-refractivity contribution is 5.66. The van der Waals surface area contributed by atoms with Crippen molar-refractivity contribution in [3.05, 3.63) is 53.3 Å². The first-order valence-corrected chi connectivity index (χ1v) is 5.78. The Morgan fingerprint density at radius 2 is 1.89 bits per heavy atom. The molecule has 18 heavy (non-hydrogen) atoms. The van der Waals surface area contributed by atoms with Crippen LogP contribution in [0.5, 0.6) is 5.75 Å². The Balaban J connectivity index is 2.50. The zero-order valence-electron chi connectivity index (χ0n) is 10.5. The zero-order valence-corrected chi connectivity index (χ0v) is 10.5. The number of benzene rings is 2. The molecule has 2 aromatic rings. The van der Waals surface area contributed by atoms with E-state index >= 15 is 0 Å². The van der Waals surface area contributed by atoms with E-state index in [0.29, 0.717) is 6.54 Å². The summed E-state index contributed by atoms with van der Waals surface area (Å²) in [6.07, 6.45) is 0. The van der Waals surface area contributed by atoms with Gasteiger partial charge in [0.15, 0.2) is 0 Å². The van der Waals surface area contributed by atoms with Crippen molar-refractivity contribution >= 4 is 0 Å². The summed E-state index contributed by atoms with van der Waals surface area (Å²) >= 11 is 0. The molecule has 0 spiro atoms. The first kappa shape index (κ1) is 12.6. The Morgan fingerprint density at radius 1 is 1.11 bits per heavy atom. The smallest absolute Gasteiger partial charge is 0.124 e. The van der Waals surface area contributed by atoms with E-state index in [-0.39, 0.29) is 5.82 Å². The minimum atomic E-state index is -0.227. The maximum Gasteiger partial charge on any atom is 0.124 e. The van der Waals surface area contributed by atoms with Gasteiger partial charge < -0.3 is 10.5 Å². The van der Waals surface area contributed by atoms with Gasteiger partial charge in [-0.2, -0.15) is 0 Å². The fraction of sp³-hybridized carbons (Fsp3) is 0.200. The second-order valence-electron chi connectivity index (χ2n) is 4.25. The van der Waals surface area contributed by atoms with E-state index in [1.807, 2.05) is 31.2 Å². The van der Waals surface area contributed by atoms with Gasteiger partial charge in [-0.25, -0.2) is 4.39 Å². The molecule has 0 atom stereocenters. The monoisotopic (exact) mass is 245 g/mol. The lowest BCUT2D eigenvalue weighted by atomic mass is 10.0. The Hall–Kier alpha value is -1.87. The van der Waals surface area contributed by atoms with Crippen molar-refractivity contribution in [3.8, 4) is 16.9 Å². The number of ether oxygens (including phenoxy) is 1. The molecule has 0 bridgehead atoms. The van der Waals surface area contributed by atoms with Crippen LogP contribution >= 0.6 is 0 Å². The molecule has 3 heteroatoms. The van der Waals surface area contributed by atoms with Crippen LogP contribution in [0, 0.1) is 12.7 Å². The summed E-state index contributed by atoms with van der Waals surface area (Å²) in [5, 5.41) is 0. The minimum Gasteiger partial charge on any atom is -0.496 e. The maximum atomic E-state index is 13.4. The molecule has 94 valence electrons. The molecular weight excluding hydrogens is 229 g/mol. The lowest BCUT2D eigenvalue weighted by molar-refractivity contribution is 0.410. The highest BCUT2D eigenvalue weighted by Crippen LogP contribution is 2.27. The average molecular weight is 245 g/mol. The Kier molecular flexibility index (Phi) is 3.63. The number of methoxy groups -OCH3 is 1. The van der Waals surface area contributed by atoms with Crippen LogP contribution in [0.1, 0.15) is 11.1 Å². The predicted octanol–water partition coefficient (Wildman–Crippen LogP) is 3.27. The molecule has 0 aliphatic rings. The first-order valence-electron chi connectivity index (χ1n) is 5.78. The highest BCUT2D eigenvalue weighted by Gasteiger charge is 2.06. The van der Waals surface area contributed by atoms with Gasteiger partial charge in [-0.1, -0.05) is 12.1 Å². The molecule has 0 amide bonds. The van der Waals surface area contributed by atoms with Crippen LogP contribution < -0.4 is 10.5 Å². The molecule has 0 radical (unpaired) electrons. The van der Waals surface area contributed by atoms with Crippen molar-refractivity contribution < 1.29 is 9.13 Å². The molecule has 0 aromatic heterocycles. The average Bonchev–Trinajstić information content (AvgIpc) is 2.36. The van der Waals surface area contributed by atoms with E-state index in [1.54, 1.807) is 7.11 Å². The second-order valence-corrected chi connectivity index (χ2v) is 4.25. The van der Waals surface area contributed by atoms with Gasteiger partial charge >= 0.3 is 0 Å². The van der Waals surface area contributed by atoms with Gasteiger partial charge in [0.25, 0.3) is 0 Å². The molecule has 0 fully saturated rings. The van der Waals surface area contributed by atoms with Gasteiger partial charge in [-0.05, 0) is 47.9 Å². The van der Waals surface area contributed by atoms with Crippen LogP contribution in [-0.4, -0.2) is 7.11 Å². The molecule has 2 aromatic carbocycles. The first-order chi connectivity index (χ1) is 8.63. The van der Waals surface area contributed by atoms with E-state index in [4.69, 9.17) is 10.5 Å². The van der Waals surface area contributed by atoms with Crippen LogP contribution in [0.4, 0.5) is 4.39 Å². The van der Waals surface area contributed by atoms with Crippen LogP contribution in [0.15, 0.2) is 36.4 Å². The molecule has 2 N–H and O–H groups in total. The summed E-state index contributed by atoms with van der Waals surface area (Å²) in [5.41, 5.74) is 9.29. The summed E-state index contributed by atoms with van der Waals surface area (Å²) in [6.45, 7) is 2.27. The minimum absolute atomic E-state index is 0.227. The van der Waals surface area contributed by atoms with Crippen LogP contribution in [-0.2, 0) is 6.54 Å². The Bertz CT molecular complexity index is 546. The second kappa shape index (κ2) is 5.19. The van der Waals surface area contributed by atoms with E-state index in [0.717, 1.165) is 28.0 Å². The fourth-order valence-electron chi connectivity index (χ4n) is 2.02. The SMILES string of the molecule is COc1ccc(-c2cc(C)cc(F)c2)cc1CN. The number of halogens is 1. The summed E-state index contributed by atoms with van der Waals surface area (Å²) in [6, 6.07) is 10.7. The Morgan fingerprint density at radius 3 is 2.50 bits per heavy atom. The predicted molar refractivity (Wildman–Crippen MR) is 71.0 cm³/mol. The number of aryl methyl sites for hydroxylation is 1. The van der Waals surface area contributed by atoms with Crippen molar-refractivity contribution in [1.29, 1.82) is 0 Å². The van der Waals surface area contributed by atoms with Gasteiger partial charge in [-0.15, -0.1) is 0 Å². The van der Waals surface area contributed by atoms with Gasteiger partial charge in [0.05, 0.1) is 7.11 Å². The number of rotatable bonds is 3. The topological polar surface area (TPSA) is 35.2 Å². The Labute approximate surface area is 106 Å². The standard InChI is InChI=1S/C15H16FNO/c1-10-5-12(8-14(16)6-10)11-3-4-15(18-2)13(7-11)9-17/h3-8H,9,17H2,1-2H3. The maximum absolute atomic E-state index is 13.4. The highest BCUT2D eigenvalue weighted by atomic mass is 19.1. The third kappa shape index (κ3) is 2.51. The molecule has 2 rings (SSSR count). The lowest BCUT2D eigenvalue weighted by Crippen LogP contribution is -2.00. The van der Waals surface area contributed by atoms with Crippen molar-refractivity contribution in [3.63, 3.8) is 0 Å². The molecular formula is C15H16FNO. The summed E-state index contributed by atoms with van der Waals surface area (Å²) in [7, 11) is 1.61. The quantitative estimate of drug-likeness (QED) is 0.900. The molecule has 0 saturated heterocycles. The normalized spacial score (nSPS) is 10.4. The molecule has 0 aliphatic carbocycles. The van der Waals surface area contributed by atoms with Crippen molar-refractivity contribution in [2.75, 3.05) is 7.11 Å². The van der Waals surface area contributed by atoms with Crippen LogP contribution in [0.3, 0.4) is 0 Å². The zero-order chi connectivity index (χ0) is 13.1. The van der Waals surface area contributed by atoms with Gasteiger partial charge in [0.2, 0.25) is 0 Å². The van der Waals surface area contributed by atoms with E-state index in [2.05, 4.69) is 0 Å². The van der Waals surface area contributed by atoms with Gasteiger partial charge in [0, 0.05) is 12.1 Å². The molecule has 0 aliphatic heterocycles. The third-order valence-electron chi connectivity index (χ3n) is 2.88. The van der Waals surface area contributed by atoms with Crippen molar-refractivity contribution in [2.24, 2.45) is 5.73 Å². The molecule has 0 saturated carbocycles. The van der Waals surface area contributed by atoms with E-state index in [9.17, 15) is 4.39 Å². The van der Waals surface area contributed by atoms with Crippen LogP contribution in [0.2, 0.25) is 0 Å². The van der Waals surface area contributed by atoms with Gasteiger partial charge in [-0.3, -0.25) is 0 Å². The molecule has 0 unspecified atom stereocenters. The summed E-state index contributed by atoms with van der Waals surface area (Å²) in [4.78, 5) is 0. The lowest BCUT2D eigenvalue weighted by Gasteiger charge is -2.10. The molecule has 0 heterocycles. The van der Waals surface area contributed by atoms with Crippen molar-refractivity contribution in [2.45, 2.75) is 13.5 Å². The third-order valence-corrected chi connectivity index (χ3v) is 2.88. The van der Waals surface area contributed by atoms with E-state index < -0.39 is 0 Å². The summed E-state index contributed by atoms with van der Waals surface area (Å²) in [5.74, 6) is 0.532. The van der Waals surface area contributed by atoms with Gasteiger partial charge in [0.1, 0.15) is 11.6 Å². The molecule has 2 nitrogen and oxygen atoms in total. The fourth-order valence-corrected chi connectivity index (χ4v) is 2.02. The number of nitrogens with two attached hydrogens (primary N) is 1. The van der Waals surface area contributed by atoms with E-state index in [1.165, 1.54) is 12.1 Å². The number of hydrogen-bond acceptors (Lipinski definition) is 2. The van der Waals surface area contributed by atoms with Crippen molar-refractivity contribution in [1.82, 2.24) is 0 Å². The number of hydrogen-bond donors (Lipinski definition) is 1. The van der Waals surface area contributed by atoms with Crippen LogP contribution in [0.25, 0.3) is 11.1 Å². The largest absolute Gasteiger partial charge is 0.496 e.